The van der Waals surface area contributed by atoms with Crippen molar-refractivity contribution in [3.05, 3.63) is 0 Å². The van der Waals surface area contributed by atoms with Gasteiger partial charge in [-0.05, 0) is 44.9 Å². The molecule has 0 amide bonds. The fraction of sp³-hybridized carbons (Fsp3) is 0.933. The molecule has 0 bridgehead atoms. The van der Waals surface area contributed by atoms with Crippen molar-refractivity contribution in [2.45, 2.75) is 46.0 Å². The maximum atomic E-state index is 11.4. The van der Waals surface area contributed by atoms with Gasteiger partial charge in [0.05, 0.1) is 5.75 Å². The van der Waals surface area contributed by atoms with Crippen LogP contribution in [0.2, 0.25) is 0 Å². The second-order valence-corrected chi connectivity index (χ2v) is 8.51. The molecule has 6 nitrogen and oxygen atoms in total. The van der Waals surface area contributed by atoms with Gasteiger partial charge in [-0.15, -0.1) is 0 Å². The average Bonchev–Trinajstić information content (AvgIpc) is 2.91. The van der Waals surface area contributed by atoms with Gasteiger partial charge in [-0.1, -0.05) is 6.42 Å². The van der Waals surface area contributed by atoms with Crippen LogP contribution in [0, 0.1) is 5.41 Å². The topological polar surface area (TPSA) is 73.8 Å². The monoisotopic (exact) mass is 330 g/mol. The average molecular weight is 330 g/mol. The maximum Gasteiger partial charge on any atom is 0.211 e. The van der Waals surface area contributed by atoms with E-state index in [4.69, 9.17) is 0 Å². The Balaban J connectivity index is 1.78. The Kier molecular flexibility index (Phi) is 6.09. The summed E-state index contributed by atoms with van der Waals surface area (Å²) in [6.45, 7) is 7.93. The number of nitrogens with one attached hydrogen (secondary N) is 2. The first-order chi connectivity index (χ1) is 10.5. The van der Waals surface area contributed by atoms with Crippen LogP contribution in [0.1, 0.15) is 46.0 Å². The number of aliphatic imine (C=N–C) groups is 1. The van der Waals surface area contributed by atoms with Gasteiger partial charge in [-0.25, -0.2) is 13.1 Å². The minimum absolute atomic E-state index is 0.134. The Labute approximate surface area is 134 Å². The summed E-state index contributed by atoms with van der Waals surface area (Å²) in [6, 6.07) is 0. The van der Waals surface area contributed by atoms with Crippen LogP contribution < -0.4 is 10.0 Å². The molecular formula is C15H30N4O2S. The Bertz CT molecular complexity index is 486. The third-order valence-corrected chi connectivity index (χ3v) is 6.19. The van der Waals surface area contributed by atoms with Crippen LogP contribution >= 0.6 is 0 Å². The van der Waals surface area contributed by atoms with Crippen molar-refractivity contribution >= 4 is 16.0 Å². The molecular weight excluding hydrogens is 300 g/mol. The maximum absolute atomic E-state index is 11.4. The van der Waals surface area contributed by atoms with Gasteiger partial charge in [-0.3, -0.25) is 4.99 Å². The van der Waals surface area contributed by atoms with E-state index in [1.54, 1.807) is 6.92 Å². The van der Waals surface area contributed by atoms with E-state index in [-0.39, 0.29) is 5.75 Å². The molecule has 1 heterocycles. The highest BCUT2D eigenvalue weighted by Gasteiger charge is 2.43. The van der Waals surface area contributed by atoms with Crippen molar-refractivity contribution in [1.82, 2.24) is 14.9 Å². The van der Waals surface area contributed by atoms with Gasteiger partial charge in [0, 0.05) is 32.7 Å². The number of sulfonamides is 1. The van der Waals surface area contributed by atoms with Gasteiger partial charge < -0.3 is 10.2 Å². The normalized spacial score (nSPS) is 21.2. The third kappa shape index (κ3) is 4.59. The number of hydrogen-bond acceptors (Lipinski definition) is 3. The van der Waals surface area contributed by atoms with E-state index >= 15 is 0 Å². The van der Waals surface area contributed by atoms with E-state index in [0.29, 0.717) is 18.5 Å². The van der Waals surface area contributed by atoms with Crippen LogP contribution in [-0.2, 0) is 10.0 Å². The highest BCUT2D eigenvalue weighted by atomic mass is 32.2. The van der Waals surface area contributed by atoms with Crippen molar-refractivity contribution in [2.75, 3.05) is 38.5 Å². The minimum Gasteiger partial charge on any atom is -0.357 e. The van der Waals surface area contributed by atoms with Crippen LogP contribution in [0.3, 0.4) is 0 Å². The molecule has 1 saturated heterocycles. The zero-order valence-corrected chi connectivity index (χ0v) is 14.7. The summed E-state index contributed by atoms with van der Waals surface area (Å²) in [4.78, 5) is 7.04. The summed E-state index contributed by atoms with van der Waals surface area (Å²) in [6.07, 6.45) is 6.11. The smallest absolute Gasteiger partial charge is 0.211 e. The molecule has 1 aliphatic carbocycles. The number of likely N-dealkylation sites (tertiary alicyclic amines) is 1. The van der Waals surface area contributed by atoms with Crippen molar-refractivity contribution in [3.63, 3.8) is 0 Å². The lowest BCUT2D eigenvalue weighted by atomic mass is 9.68. The van der Waals surface area contributed by atoms with E-state index in [9.17, 15) is 8.42 Å². The molecule has 7 heteroatoms. The molecule has 0 radical (unpaired) electrons. The summed E-state index contributed by atoms with van der Waals surface area (Å²) in [5, 5.41) is 3.37. The molecule has 0 aromatic carbocycles. The largest absolute Gasteiger partial charge is 0.357 e. The van der Waals surface area contributed by atoms with Crippen molar-refractivity contribution in [1.29, 1.82) is 0 Å². The zero-order chi connectivity index (χ0) is 16.1. The van der Waals surface area contributed by atoms with Crippen molar-refractivity contribution in [3.8, 4) is 0 Å². The Morgan fingerprint density at radius 2 is 2.05 bits per heavy atom. The highest BCUT2D eigenvalue weighted by molar-refractivity contribution is 7.89. The predicted molar refractivity (Wildman–Crippen MR) is 90.5 cm³/mol. The van der Waals surface area contributed by atoms with Crippen molar-refractivity contribution in [2.24, 2.45) is 10.4 Å². The lowest BCUT2D eigenvalue weighted by molar-refractivity contribution is 0.151. The number of rotatable bonds is 7. The van der Waals surface area contributed by atoms with Gasteiger partial charge in [0.25, 0.3) is 0 Å². The fourth-order valence-corrected chi connectivity index (χ4v) is 3.88. The summed E-state index contributed by atoms with van der Waals surface area (Å²) in [7, 11) is -3.08. The zero-order valence-electron chi connectivity index (χ0n) is 13.9. The number of guanidine groups is 1. The van der Waals surface area contributed by atoms with Crippen LogP contribution in [0.15, 0.2) is 4.99 Å². The molecule has 128 valence electrons. The Morgan fingerprint density at radius 3 is 2.59 bits per heavy atom. The molecule has 0 aromatic rings. The van der Waals surface area contributed by atoms with E-state index in [0.717, 1.165) is 32.0 Å². The van der Waals surface area contributed by atoms with E-state index in [1.165, 1.54) is 25.7 Å². The molecule has 1 saturated carbocycles. The standard InChI is InChI=1S/C15H30N4O2S/c1-3-16-14(17-10-6-11-18-22(20,21)4-2)19-12-9-15(13-19)7-5-8-15/h18H,3-13H2,1-2H3,(H,16,17). The summed E-state index contributed by atoms with van der Waals surface area (Å²) in [5.41, 5.74) is 0.562. The molecule has 0 unspecified atom stereocenters. The molecule has 0 atom stereocenters. The van der Waals surface area contributed by atoms with Gasteiger partial charge >= 0.3 is 0 Å². The quantitative estimate of drug-likeness (QED) is 0.417. The molecule has 0 aromatic heterocycles. The summed E-state index contributed by atoms with van der Waals surface area (Å²) >= 11 is 0. The predicted octanol–water partition coefficient (Wildman–Crippen LogP) is 1.16. The summed E-state index contributed by atoms with van der Waals surface area (Å²) in [5.74, 6) is 1.12. The fourth-order valence-electron chi connectivity index (χ4n) is 3.22. The molecule has 1 aliphatic heterocycles. The SMILES string of the molecule is CCNC(=NCCCNS(=O)(=O)CC)N1CCC2(CCC2)C1. The third-order valence-electron chi connectivity index (χ3n) is 4.79. The Hall–Kier alpha value is -0.820. The van der Waals surface area contributed by atoms with Gasteiger partial charge in [0.2, 0.25) is 10.0 Å². The van der Waals surface area contributed by atoms with E-state index < -0.39 is 10.0 Å². The molecule has 2 aliphatic rings. The first-order valence-electron chi connectivity index (χ1n) is 8.51. The van der Waals surface area contributed by atoms with Gasteiger partial charge in [0.15, 0.2) is 5.96 Å². The summed E-state index contributed by atoms with van der Waals surface area (Å²) < 4.78 is 25.3. The lowest BCUT2D eigenvalue weighted by Gasteiger charge is -2.38. The molecule has 2 N–H and O–H groups in total. The van der Waals surface area contributed by atoms with E-state index in [2.05, 4.69) is 26.9 Å². The van der Waals surface area contributed by atoms with E-state index in [1.807, 2.05) is 0 Å². The van der Waals surface area contributed by atoms with Crippen LogP contribution in [0.4, 0.5) is 0 Å². The Morgan fingerprint density at radius 1 is 1.27 bits per heavy atom. The first-order valence-corrected chi connectivity index (χ1v) is 10.2. The first kappa shape index (κ1) is 17.5. The molecule has 2 fully saturated rings. The van der Waals surface area contributed by atoms with Crippen LogP contribution in [-0.4, -0.2) is 57.8 Å². The van der Waals surface area contributed by atoms with Crippen molar-refractivity contribution < 1.29 is 8.42 Å². The van der Waals surface area contributed by atoms with Crippen LogP contribution in [0.5, 0.6) is 0 Å². The second-order valence-electron chi connectivity index (χ2n) is 6.41. The minimum atomic E-state index is -3.08. The number of hydrogen-bond donors (Lipinski definition) is 2. The van der Waals surface area contributed by atoms with Crippen LogP contribution in [0.25, 0.3) is 0 Å². The van der Waals surface area contributed by atoms with Gasteiger partial charge in [0.1, 0.15) is 0 Å². The lowest BCUT2D eigenvalue weighted by Crippen LogP contribution is -2.42. The van der Waals surface area contributed by atoms with Gasteiger partial charge in [-0.2, -0.15) is 0 Å². The number of nitrogens with zero attached hydrogens (tertiary/aromatic N) is 2. The second kappa shape index (κ2) is 7.64. The molecule has 1 spiro atoms. The molecule has 2 rings (SSSR count). The highest BCUT2D eigenvalue weighted by Crippen LogP contribution is 2.47. The molecule has 22 heavy (non-hydrogen) atoms.